The first-order valence-electron chi connectivity index (χ1n) is 10.4. The fraction of sp³-hybridized carbons (Fsp3) is 0.240. The van der Waals surface area contributed by atoms with Crippen molar-refractivity contribution in [3.05, 3.63) is 101 Å². The van der Waals surface area contributed by atoms with Gasteiger partial charge in [0.05, 0.1) is 4.90 Å². The summed E-state index contributed by atoms with van der Waals surface area (Å²) in [6, 6.07) is 23.3. The number of rotatable bonds is 6. The molecule has 1 aliphatic heterocycles. The predicted octanol–water partition coefficient (Wildman–Crippen LogP) is 3.47. The normalized spacial score (nSPS) is 14.7. The van der Waals surface area contributed by atoms with E-state index in [1.165, 1.54) is 5.56 Å². The van der Waals surface area contributed by atoms with Crippen molar-refractivity contribution in [3.8, 4) is 0 Å². The van der Waals surface area contributed by atoms with Gasteiger partial charge in [-0.15, -0.1) is 0 Å². The Hall–Kier alpha value is -2.96. The van der Waals surface area contributed by atoms with Gasteiger partial charge in [0.15, 0.2) is 0 Å². The number of nitrogens with zero attached hydrogens (tertiary/aromatic N) is 1. The van der Waals surface area contributed by atoms with Crippen molar-refractivity contribution in [2.24, 2.45) is 0 Å². The van der Waals surface area contributed by atoms with E-state index < -0.39 is 16.1 Å². The molecule has 0 unspecified atom stereocenters. The first-order chi connectivity index (χ1) is 14.9. The highest BCUT2D eigenvalue weighted by Crippen LogP contribution is 2.21. The number of amides is 1. The molecule has 31 heavy (non-hydrogen) atoms. The minimum atomic E-state index is -3.84. The quantitative estimate of drug-likeness (QED) is 0.646. The second-order valence-electron chi connectivity index (χ2n) is 7.96. The second-order valence-corrected chi connectivity index (χ2v) is 9.67. The Kier molecular flexibility index (Phi) is 6.20. The summed E-state index contributed by atoms with van der Waals surface area (Å²) in [5.41, 5.74) is 4.24. The fourth-order valence-electron chi connectivity index (χ4n) is 3.91. The molecule has 0 saturated carbocycles. The Bertz CT molecular complexity index is 1160. The second kappa shape index (κ2) is 9.04. The van der Waals surface area contributed by atoms with Gasteiger partial charge in [-0.1, -0.05) is 72.3 Å². The zero-order chi connectivity index (χ0) is 21.8. The van der Waals surface area contributed by atoms with Gasteiger partial charge in [-0.05, 0) is 48.6 Å². The molecule has 1 aliphatic rings. The Morgan fingerprint density at radius 1 is 0.935 bits per heavy atom. The smallest absolute Gasteiger partial charge is 0.241 e. The van der Waals surface area contributed by atoms with E-state index in [-0.39, 0.29) is 10.8 Å². The molecule has 1 heterocycles. The largest absolute Gasteiger partial charge is 0.337 e. The number of fused-ring (bicyclic) bond motifs is 1. The van der Waals surface area contributed by atoms with Gasteiger partial charge in [0.25, 0.3) is 0 Å². The molecule has 6 heteroatoms. The molecule has 5 nitrogen and oxygen atoms in total. The van der Waals surface area contributed by atoms with Crippen LogP contribution in [0.4, 0.5) is 0 Å². The molecule has 4 rings (SSSR count). The topological polar surface area (TPSA) is 66.5 Å². The molecule has 0 aliphatic carbocycles. The van der Waals surface area contributed by atoms with Crippen molar-refractivity contribution in [3.63, 3.8) is 0 Å². The van der Waals surface area contributed by atoms with Gasteiger partial charge in [0, 0.05) is 13.1 Å². The number of benzene rings is 3. The molecule has 160 valence electrons. The lowest BCUT2D eigenvalue weighted by molar-refractivity contribution is -0.133. The summed E-state index contributed by atoms with van der Waals surface area (Å²) in [4.78, 5) is 15.4. The first kappa shape index (κ1) is 21.3. The summed E-state index contributed by atoms with van der Waals surface area (Å²) >= 11 is 0. The van der Waals surface area contributed by atoms with E-state index in [9.17, 15) is 13.2 Å². The maximum absolute atomic E-state index is 13.5. The highest BCUT2D eigenvalue weighted by atomic mass is 32.2. The van der Waals surface area contributed by atoms with Crippen LogP contribution in [0.25, 0.3) is 0 Å². The molecule has 0 bridgehead atoms. The van der Waals surface area contributed by atoms with Crippen molar-refractivity contribution < 1.29 is 13.2 Å². The Morgan fingerprint density at radius 3 is 2.29 bits per heavy atom. The van der Waals surface area contributed by atoms with E-state index >= 15 is 0 Å². The van der Waals surface area contributed by atoms with Crippen molar-refractivity contribution in [1.29, 1.82) is 0 Å². The van der Waals surface area contributed by atoms with Gasteiger partial charge in [-0.25, -0.2) is 8.42 Å². The number of hydrogen-bond donors (Lipinski definition) is 1. The number of hydrogen-bond acceptors (Lipinski definition) is 3. The average molecular weight is 435 g/mol. The average Bonchev–Trinajstić information content (AvgIpc) is 2.78. The molecule has 0 fully saturated rings. The van der Waals surface area contributed by atoms with Crippen LogP contribution >= 0.6 is 0 Å². The Balaban J connectivity index is 1.60. The molecule has 1 N–H and O–H groups in total. The highest BCUT2D eigenvalue weighted by molar-refractivity contribution is 7.89. The van der Waals surface area contributed by atoms with E-state index in [4.69, 9.17) is 0 Å². The lowest BCUT2D eigenvalue weighted by Gasteiger charge is -2.32. The van der Waals surface area contributed by atoms with Crippen LogP contribution in [0.5, 0.6) is 0 Å². The monoisotopic (exact) mass is 434 g/mol. The first-order valence-corrected chi connectivity index (χ1v) is 11.9. The zero-order valence-electron chi connectivity index (χ0n) is 17.5. The highest BCUT2D eigenvalue weighted by Gasteiger charge is 2.31. The van der Waals surface area contributed by atoms with Crippen LogP contribution in [-0.2, 0) is 34.2 Å². The third kappa shape index (κ3) is 5.03. The van der Waals surface area contributed by atoms with Gasteiger partial charge in [0.1, 0.15) is 6.04 Å². The van der Waals surface area contributed by atoms with Crippen LogP contribution in [0.15, 0.2) is 83.8 Å². The minimum absolute atomic E-state index is 0.160. The van der Waals surface area contributed by atoms with E-state index in [0.29, 0.717) is 19.5 Å². The van der Waals surface area contributed by atoms with Crippen LogP contribution in [0.2, 0.25) is 0 Å². The van der Waals surface area contributed by atoms with Crippen molar-refractivity contribution >= 4 is 15.9 Å². The predicted molar refractivity (Wildman–Crippen MR) is 121 cm³/mol. The third-order valence-electron chi connectivity index (χ3n) is 5.65. The van der Waals surface area contributed by atoms with Crippen LogP contribution < -0.4 is 4.72 Å². The van der Waals surface area contributed by atoms with Crippen LogP contribution in [0.3, 0.4) is 0 Å². The Morgan fingerprint density at radius 2 is 1.58 bits per heavy atom. The summed E-state index contributed by atoms with van der Waals surface area (Å²) in [6.07, 6.45) is 1.06. The number of sulfonamides is 1. The summed E-state index contributed by atoms with van der Waals surface area (Å²) < 4.78 is 28.8. The SMILES string of the molecule is Cc1ccc(S(=O)(=O)N[C@@H](Cc2ccccc2)C(=O)N2CCc3ccccc3C2)cc1. The molecule has 0 spiro atoms. The molecule has 1 amide bonds. The van der Waals surface area contributed by atoms with Crippen LogP contribution in [-0.4, -0.2) is 31.8 Å². The third-order valence-corrected chi connectivity index (χ3v) is 7.14. The Labute approximate surface area is 183 Å². The van der Waals surface area contributed by atoms with Crippen LogP contribution in [0.1, 0.15) is 22.3 Å². The minimum Gasteiger partial charge on any atom is -0.337 e. The van der Waals surface area contributed by atoms with E-state index in [2.05, 4.69) is 10.8 Å². The van der Waals surface area contributed by atoms with Crippen molar-refractivity contribution in [1.82, 2.24) is 9.62 Å². The lowest BCUT2D eigenvalue weighted by Crippen LogP contribution is -2.50. The molecule has 3 aromatic rings. The van der Waals surface area contributed by atoms with Gasteiger partial charge >= 0.3 is 0 Å². The zero-order valence-corrected chi connectivity index (χ0v) is 18.3. The lowest BCUT2D eigenvalue weighted by atomic mass is 9.98. The van der Waals surface area contributed by atoms with E-state index in [1.807, 2.05) is 55.5 Å². The number of nitrogens with one attached hydrogen (secondary N) is 1. The summed E-state index contributed by atoms with van der Waals surface area (Å²) in [7, 11) is -3.84. The maximum Gasteiger partial charge on any atom is 0.241 e. The summed E-state index contributed by atoms with van der Waals surface area (Å²) in [6.45, 7) is 2.97. The molecular formula is C25H26N2O3S. The number of carbonyl (C=O) groups excluding carboxylic acids is 1. The molecule has 0 saturated heterocycles. The number of aryl methyl sites for hydroxylation is 1. The number of carbonyl (C=O) groups is 1. The van der Waals surface area contributed by atoms with Crippen LogP contribution in [0, 0.1) is 6.92 Å². The standard InChI is InChI=1S/C25H26N2O3S/c1-19-11-13-23(14-12-19)31(29,30)26-24(17-20-7-3-2-4-8-20)25(28)27-16-15-21-9-5-6-10-22(21)18-27/h2-14,24,26H,15-18H2,1H3/t24-/m0/s1. The maximum atomic E-state index is 13.5. The molecule has 3 aromatic carbocycles. The van der Waals surface area contributed by atoms with Gasteiger partial charge < -0.3 is 4.90 Å². The van der Waals surface area contributed by atoms with Gasteiger partial charge in [-0.2, -0.15) is 4.72 Å². The summed E-state index contributed by atoms with van der Waals surface area (Å²) in [5.74, 6) is -0.200. The molecule has 0 aromatic heterocycles. The van der Waals surface area contributed by atoms with Crippen molar-refractivity contribution in [2.75, 3.05) is 6.54 Å². The van der Waals surface area contributed by atoms with Crippen molar-refractivity contribution in [2.45, 2.75) is 37.2 Å². The molecule has 0 radical (unpaired) electrons. The molecular weight excluding hydrogens is 408 g/mol. The molecule has 1 atom stereocenters. The summed E-state index contributed by atoms with van der Waals surface area (Å²) in [5, 5.41) is 0. The fourth-order valence-corrected chi connectivity index (χ4v) is 5.10. The van der Waals surface area contributed by atoms with Gasteiger partial charge in [0.2, 0.25) is 15.9 Å². The van der Waals surface area contributed by atoms with E-state index in [1.54, 1.807) is 29.2 Å². The van der Waals surface area contributed by atoms with Gasteiger partial charge in [-0.3, -0.25) is 4.79 Å². The van der Waals surface area contributed by atoms with E-state index in [0.717, 1.165) is 23.1 Å².